The standard InChI is InChI=1S/C21H24N6O2S/c1-12(2)17-18(13-8-15(29-3)20-23-11-24-27(20)10-13)25-14-9-16(30-19(14)17)21(28)26-6-4-22-5-7-26/h8-12,22,25H,4-7H2,1-3H3. The first-order valence-electron chi connectivity index (χ1n) is 10.1. The Bertz CT molecular complexity index is 1230. The summed E-state index contributed by atoms with van der Waals surface area (Å²) in [4.78, 5) is 23.5. The first-order chi connectivity index (χ1) is 14.6. The number of methoxy groups -OCH3 is 1. The van der Waals surface area contributed by atoms with E-state index in [1.165, 1.54) is 11.9 Å². The number of fused-ring (bicyclic) bond motifs is 2. The number of hydrogen-bond acceptors (Lipinski definition) is 6. The Balaban J connectivity index is 1.60. The fraction of sp³-hybridized carbons (Fsp3) is 0.381. The number of amides is 1. The van der Waals surface area contributed by atoms with Gasteiger partial charge in [0.15, 0.2) is 11.4 Å². The Hall–Kier alpha value is -2.91. The van der Waals surface area contributed by atoms with Crippen LogP contribution in [0.3, 0.4) is 0 Å². The van der Waals surface area contributed by atoms with Crippen molar-refractivity contribution >= 4 is 33.1 Å². The predicted molar refractivity (Wildman–Crippen MR) is 118 cm³/mol. The van der Waals surface area contributed by atoms with Gasteiger partial charge in [0, 0.05) is 37.9 Å². The smallest absolute Gasteiger partial charge is 0.264 e. The lowest BCUT2D eigenvalue weighted by Gasteiger charge is -2.26. The zero-order valence-electron chi connectivity index (χ0n) is 17.2. The van der Waals surface area contributed by atoms with Crippen LogP contribution in [0.5, 0.6) is 5.75 Å². The van der Waals surface area contributed by atoms with Crippen LogP contribution in [0, 0.1) is 0 Å². The number of aromatic amines is 1. The van der Waals surface area contributed by atoms with Crippen molar-refractivity contribution in [2.24, 2.45) is 0 Å². The number of nitrogens with one attached hydrogen (secondary N) is 2. The summed E-state index contributed by atoms with van der Waals surface area (Å²) < 4.78 is 8.40. The third-order valence-corrected chi connectivity index (χ3v) is 6.70. The first kappa shape index (κ1) is 19.1. The number of piperazine rings is 1. The molecule has 0 spiro atoms. The van der Waals surface area contributed by atoms with Gasteiger partial charge in [-0.05, 0) is 23.6 Å². The number of hydrogen-bond donors (Lipinski definition) is 2. The molecule has 156 valence electrons. The molecule has 0 saturated carbocycles. The number of nitrogens with zero attached hydrogens (tertiary/aromatic N) is 4. The van der Waals surface area contributed by atoms with E-state index >= 15 is 0 Å². The van der Waals surface area contributed by atoms with Gasteiger partial charge in [-0.1, -0.05) is 13.8 Å². The van der Waals surface area contributed by atoms with Gasteiger partial charge in [0.25, 0.3) is 5.91 Å². The molecule has 9 heteroatoms. The summed E-state index contributed by atoms with van der Waals surface area (Å²) in [5.41, 5.74) is 4.89. The van der Waals surface area contributed by atoms with Crippen molar-refractivity contribution in [1.82, 2.24) is 29.8 Å². The monoisotopic (exact) mass is 424 g/mol. The number of carbonyl (C=O) groups is 1. The molecule has 0 aromatic carbocycles. The molecule has 0 bridgehead atoms. The number of pyridine rings is 1. The van der Waals surface area contributed by atoms with Crippen molar-refractivity contribution in [2.45, 2.75) is 19.8 Å². The van der Waals surface area contributed by atoms with Crippen LogP contribution in [-0.2, 0) is 0 Å². The van der Waals surface area contributed by atoms with Crippen LogP contribution in [-0.4, -0.2) is 63.7 Å². The summed E-state index contributed by atoms with van der Waals surface area (Å²) >= 11 is 1.58. The van der Waals surface area contributed by atoms with E-state index in [0.717, 1.165) is 52.5 Å². The molecule has 30 heavy (non-hydrogen) atoms. The molecule has 0 aliphatic carbocycles. The van der Waals surface area contributed by atoms with E-state index < -0.39 is 0 Å². The molecule has 5 rings (SSSR count). The van der Waals surface area contributed by atoms with Crippen LogP contribution in [0.4, 0.5) is 0 Å². The first-order valence-corrected chi connectivity index (χ1v) is 10.9. The zero-order chi connectivity index (χ0) is 20.8. The minimum absolute atomic E-state index is 0.119. The topological polar surface area (TPSA) is 87.6 Å². The highest BCUT2D eigenvalue weighted by atomic mass is 32.1. The highest BCUT2D eigenvalue weighted by molar-refractivity contribution is 7.21. The SMILES string of the molecule is COc1cc(-c2[nH]c3cc(C(=O)N4CCNCC4)sc3c2C(C)C)cn2ncnc12. The molecule has 2 N–H and O–H groups in total. The zero-order valence-corrected chi connectivity index (χ0v) is 18.0. The number of carbonyl (C=O) groups excluding carboxylic acids is 1. The Kier molecular flexibility index (Phi) is 4.71. The quantitative estimate of drug-likeness (QED) is 0.526. The van der Waals surface area contributed by atoms with Crippen molar-refractivity contribution < 1.29 is 9.53 Å². The Labute approximate surface area is 177 Å². The van der Waals surface area contributed by atoms with Gasteiger partial charge in [-0.15, -0.1) is 11.3 Å². The summed E-state index contributed by atoms with van der Waals surface area (Å²) in [7, 11) is 1.64. The van der Waals surface area contributed by atoms with Crippen LogP contribution in [0.2, 0.25) is 0 Å². The molecule has 5 heterocycles. The minimum Gasteiger partial charge on any atom is -0.493 e. The van der Waals surface area contributed by atoms with E-state index in [-0.39, 0.29) is 11.8 Å². The van der Waals surface area contributed by atoms with E-state index in [4.69, 9.17) is 4.74 Å². The second kappa shape index (κ2) is 7.41. The molecule has 1 amide bonds. The van der Waals surface area contributed by atoms with Crippen molar-refractivity contribution in [3.63, 3.8) is 0 Å². The number of rotatable bonds is 4. The van der Waals surface area contributed by atoms with Gasteiger partial charge in [0.2, 0.25) is 0 Å². The van der Waals surface area contributed by atoms with Crippen LogP contribution in [0.1, 0.15) is 35.0 Å². The molecular weight excluding hydrogens is 400 g/mol. The average molecular weight is 425 g/mol. The van der Waals surface area contributed by atoms with E-state index in [9.17, 15) is 4.79 Å². The van der Waals surface area contributed by atoms with Crippen molar-refractivity contribution in [3.8, 4) is 17.0 Å². The summed E-state index contributed by atoms with van der Waals surface area (Å²) in [6, 6.07) is 3.98. The maximum atomic E-state index is 13.0. The molecule has 1 aliphatic rings. The van der Waals surface area contributed by atoms with Gasteiger partial charge in [-0.2, -0.15) is 5.10 Å². The van der Waals surface area contributed by atoms with Crippen molar-refractivity contribution in [1.29, 1.82) is 0 Å². The lowest BCUT2D eigenvalue weighted by Crippen LogP contribution is -2.46. The number of ether oxygens (including phenoxy) is 1. The number of thiophene rings is 1. The molecule has 4 aromatic rings. The number of aromatic nitrogens is 4. The number of H-pyrrole nitrogens is 1. The fourth-order valence-electron chi connectivity index (χ4n) is 4.09. The summed E-state index contributed by atoms with van der Waals surface area (Å²) in [6.45, 7) is 7.56. The van der Waals surface area contributed by atoms with E-state index in [2.05, 4.69) is 34.2 Å². The highest BCUT2D eigenvalue weighted by Gasteiger charge is 2.24. The Morgan fingerprint density at radius 2 is 2.07 bits per heavy atom. The lowest BCUT2D eigenvalue weighted by molar-refractivity contribution is 0.0741. The van der Waals surface area contributed by atoms with Gasteiger partial charge in [-0.25, -0.2) is 9.50 Å². The largest absolute Gasteiger partial charge is 0.493 e. The fourth-order valence-corrected chi connectivity index (χ4v) is 5.37. The molecule has 0 atom stereocenters. The van der Waals surface area contributed by atoms with Crippen LogP contribution in [0.15, 0.2) is 24.7 Å². The lowest BCUT2D eigenvalue weighted by atomic mass is 10.00. The minimum atomic E-state index is 0.119. The van der Waals surface area contributed by atoms with Crippen molar-refractivity contribution in [3.05, 3.63) is 35.1 Å². The van der Waals surface area contributed by atoms with Gasteiger partial charge in [0.1, 0.15) is 6.33 Å². The molecule has 1 saturated heterocycles. The molecule has 8 nitrogen and oxygen atoms in total. The van der Waals surface area contributed by atoms with Gasteiger partial charge < -0.3 is 19.9 Å². The van der Waals surface area contributed by atoms with E-state index in [1.54, 1.807) is 23.0 Å². The summed E-state index contributed by atoms with van der Waals surface area (Å²) in [5, 5.41) is 7.57. The second-order valence-electron chi connectivity index (χ2n) is 7.79. The predicted octanol–water partition coefficient (Wildman–Crippen LogP) is 3.12. The van der Waals surface area contributed by atoms with Crippen LogP contribution in [0.25, 0.3) is 27.1 Å². The third kappa shape index (κ3) is 3.05. The van der Waals surface area contributed by atoms with Gasteiger partial charge in [0.05, 0.1) is 27.9 Å². The van der Waals surface area contributed by atoms with Gasteiger partial charge >= 0.3 is 0 Å². The van der Waals surface area contributed by atoms with Crippen LogP contribution >= 0.6 is 11.3 Å². The average Bonchev–Trinajstić information content (AvgIpc) is 3.46. The Morgan fingerprint density at radius 3 is 2.80 bits per heavy atom. The normalized spacial score (nSPS) is 14.9. The van der Waals surface area contributed by atoms with E-state index in [1.807, 2.05) is 23.2 Å². The Morgan fingerprint density at radius 1 is 1.27 bits per heavy atom. The highest BCUT2D eigenvalue weighted by Crippen LogP contribution is 2.41. The summed E-state index contributed by atoms with van der Waals surface area (Å²) in [6.07, 6.45) is 3.48. The van der Waals surface area contributed by atoms with Crippen molar-refractivity contribution in [2.75, 3.05) is 33.3 Å². The molecule has 1 aliphatic heterocycles. The molecule has 4 aromatic heterocycles. The second-order valence-corrected chi connectivity index (χ2v) is 8.84. The maximum Gasteiger partial charge on any atom is 0.264 e. The summed E-state index contributed by atoms with van der Waals surface area (Å²) in [5.74, 6) is 1.08. The van der Waals surface area contributed by atoms with Gasteiger partial charge in [-0.3, -0.25) is 4.79 Å². The maximum absolute atomic E-state index is 13.0. The molecule has 1 fully saturated rings. The van der Waals surface area contributed by atoms with E-state index in [0.29, 0.717) is 11.4 Å². The van der Waals surface area contributed by atoms with Crippen LogP contribution < -0.4 is 10.1 Å². The molecule has 0 radical (unpaired) electrons. The molecular formula is C21H24N6O2S. The molecule has 0 unspecified atom stereocenters. The third-order valence-electron chi connectivity index (χ3n) is 5.55.